The molecule has 0 aromatic heterocycles. The lowest BCUT2D eigenvalue weighted by Crippen LogP contribution is -2.00. The molecule has 0 fully saturated rings. The average molecular weight is 995 g/mol. The Kier molecular flexibility index (Phi) is 9.93. The van der Waals surface area contributed by atoms with E-state index in [1.165, 1.54) is 126 Å². The van der Waals surface area contributed by atoms with Gasteiger partial charge in [-0.3, -0.25) is 0 Å². The molecule has 0 bridgehead atoms. The van der Waals surface area contributed by atoms with Crippen molar-refractivity contribution in [2.75, 3.05) is 0 Å². The maximum atomic E-state index is 6.95. The highest BCUT2D eigenvalue weighted by Crippen LogP contribution is 2.54. The Hall–Kier alpha value is -9.76. The Bertz CT molecular complexity index is 4720. The first-order valence-electron chi connectivity index (χ1n) is 27.3. The van der Waals surface area contributed by atoms with E-state index in [2.05, 4.69) is 257 Å². The zero-order valence-electron chi connectivity index (χ0n) is 43.3. The fraction of sp³-hybridized carbons (Fsp3) is 0.0526. The van der Waals surface area contributed by atoms with Crippen molar-refractivity contribution < 1.29 is 9.47 Å². The molecule has 16 rings (SSSR count). The van der Waals surface area contributed by atoms with Crippen LogP contribution in [-0.2, 0) is 6.42 Å². The molecule has 0 spiro atoms. The van der Waals surface area contributed by atoms with Crippen molar-refractivity contribution in [3.8, 4) is 89.8 Å². The van der Waals surface area contributed by atoms with Crippen LogP contribution in [0.5, 0.6) is 23.0 Å². The summed E-state index contributed by atoms with van der Waals surface area (Å²) in [5, 5.41) is 14.6. The third kappa shape index (κ3) is 6.76. The molecule has 2 aliphatic heterocycles. The van der Waals surface area contributed by atoms with Gasteiger partial charge in [0.05, 0.1) is 0 Å². The summed E-state index contributed by atoms with van der Waals surface area (Å²) in [6.45, 7) is 4.51. The van der Waals surface area contributed by atoms with Crippen LogP contribution < -0.4 is 9.47 Å². The summed E-state index contributed by atoms with van der Waals surface area (Å²) in [7, 11) is 0. The molecule has 14 aromatic carbocycles. The maximum Gasteiger partial charge on any atom is 0.135 e. The first-order chi connectivity index (χ1) is 38.5. The molecule has 0 saturated heterocycles. The SMILES string of the molecule is CC(C)c1ccc(-c2c3ccccc3c(-c3ccc4c5c(cccc35)Oc3cc(Cc5ccc(-c6c7ccccc7c(-c7ccc8c9c(cccc79)Oc7ccccc7-8)c7ccccc67)cc5)ccc3-4)c3ccccc23)cc1. The van der Waals surface area contributed by atoms with E-state index in [0.29, 0.717) is 5.92 Å². The van der Waals surface area contributed by atoms with Crippen molar-refractivity contribution in [2.24, 2.45) is 0 Å². The van der Waals surface area contributed by atoms with E-state index >= 15 is 0 Å². The lowest BCUT2D eigenvalue weighted by molar-refractivity contribution is 0.486. The number of benzene rings is 14. The standard InChI is InChI=1S/C76H50O2/c1-45(2)48-34-36-50(37-35-48)72-55-18-5-9-22-59(55)74(60-23-10-6-19-56(60)72)66-42-40-64-52-38-31-47(44-70(52)78-69-28-14-25-62(66)76(64)69)43-46-29-32-49(33-30-46)71-53-16-3-7-20-57(53)73(58-21-8-4-17-54(58)71)65-41-39-63-51-15-11-12-26-67(51)77-68-27-13-24-61(65)75(63)68/h3-42,44-45H,43H2,1-2H3. The molecule has 0 aliphatic carbocycles. The van der Waals surface area contributed by atoms with Crippen molar-refractivity contribution in [3.63, 3.8) is 0 Å². The van der Waals surface area contributed by atoms with E-state index in [1.54, 1.807) is 0 Å². The Morgan fingerprint density at radius 1 is 0.269 bits per heavy atom. The highest BCUT2D eigenvalue weighted by atomic mass is 16.5. The largest absolute Gasteiger partial charge is 0.456 e. The number of rotatable bonds is 7. The number of ether oxygens (including phenoxy) is 2. The fourth-order valence-electron chi connectivity index (χ4n) is 13.3. The third-order valence-corrected chi connectivity index (χ3v) is 16.9. The molecule has 2 aliphatic rings. The van der Waals surface area contributed by atoms with Gasteiger partial charge in [-0.05, 0) is 163 Å². The second-order valence-corrected chi connectivity index (χ2v) is 21.5. The monoisotopic (exact) mass is 994 g/mol. The molecule has 366 valence electrons. The van der Waals surface area contributed by atoms with Crippen LogP contribution in [0.25, 0.3) is 131 Å². The third-order valence-electron chi connectivity index (χ3n) is 16.9. The van der Waals surface area contributed by atoms with Gasteiger partial charge in [0.25, 0.3) is 0 Å². The van der Waals surface area contributed by atoms with Crippen LogP contribution in [0.3, 0.4) is 0 Å². The summed E-state index contributed by atoms with van der Waals surface area (Å²) in [6, 6.07) is 91.7. The molecule has 0 radical (unpaired) electrons. The maximum absolute atomic E-state index is 6.95. The van der Waals surface area contributed by atoms with Gasteiger partial charge in [-0.15, -0.1) is 0 Å². The van der Waals surface area contributed by atoms with Gasteiger partial charge in [0.1, 0.15) is 23.0 Å². The number of fused-ring (bicyclic) bond motifs is 8. The van der Waals surface area contributed by atoms with E-state index in [9.17, 15) is 0 Å². The minimum absolute atomic E-state index is 0.478. The smallest absolute Gasteiger partial charge is 0.135 e. The van der Waals surface area contributed by atoms with Gasteiger partial charge in [-0.1, -0.05) is 238 Å². The molecule has 0 atom stereocenters. The normalized spacial score (nSPS) is 12.3. The van der Waals surface area contributed by atoms with Gasteiger partial charge in [-0.25, -0.2) is 0 Å². The van der Waals surface area contributed by atoms with Crippen LogP contribution in [0.4, 0.5) is 0 Å². The van der Waals surface area contributed by atoms with Gasteiger partial charge in [-0.2, -0.15) is 0 Å². The summed E-state index contributed by atoms with van der Waals surface area (Å²) in [4.78, 5) is 0. The van der Waals surface area contributed by atoms with Crippen LogP contribution in [0.1, 0.15) is 36.5 Å². The van der Waals surface area contributed by atoms with Gasteiger partial charge < -0.3 is 9.47 Å². The topological polar surface area (TPSA) is 18.5 Å². The molecule has 14 aromatic rings. The highest BCUT2D eigenvalue weighted by Gasteiger charge is 2.27. The van der Waals surface area contributed by atoms with Crippen molar-refractivity contribution >= 4 is 64.6 Å². The molecule has 2 nitrogen and oxygen atoms in total. The Morgan fingerprint density at radius 3 is 1.12 bits per heavy atom. The zero-order valence-corrected chi connectivity index (χ0v) is 43.3. The van der Waals surface area contributed by atoms with E-state index in [1.807, 2.05) is 6.07 Å². The quantitative estimate of drug-likeness (QED) is 0.148. The second-order valence-electron chi connectivity index (χ2n) is 21.5. The molecule has 0 saturated carbocycles. The van der Waals surface area contributed by atoms with E-state index in [0.717, 1.165) is 51.3 Å². The zero-order chi connectivity index (χ0) is 51.6. The Balaban J connectivity index is 0.747. The minimum Gasteiger partial charge on any atom is -0.456 e. The first kappa shape index (κ1) is 44.5. The van der Waals surface area contributed by atoms with Crippen LogP contribution in [0, 0.1) is 0 Å². The lowest BCUT2D eigenvalue weighted by atomic mass is 9.83. The van der Waals surface area contributed by atoms with Crippen molar-refractivity contribution in [3.05, 3.63) is 265 Å². The Labute approximate surface area is 453 Å². The summed E-state index contributed by atoms with van der Waals surface area (Å²) in [5.74, 6) is 4.07. The van der Waals surface area contributed by atoms with E-state index < -0.39 is 0 Å². The molecule has 2 heteroatoms. The van der Waals surface area contributed by atoms with Crippen molar-refractivity contribution in [1.82, 2.24) is 0 Å². The molecule has 2 heterocycles. The molecule has 0 amide bonds. The summed E-state index contributed by atoms with van der Waals surface area (Å²) in [5.41, 5.74) is 18.4. The number of hydrogen-bond donors (Lipinski definition) is 0. The first-order valence-corrected chi connectivity index (χ1v) is 27.3. The molecular formula is C76H50O2. The van der Waals surface area contributed by atoms with Gasteiger partial charge in [0, 0.05) is 21.9 Å². The highest BCUT2D eigenvalue weighted by molar-refractivity contribution is 6.26. The van der Waals surface area contributed by atoms with Crippen molar-refractivity contribution in [1.29, 1.82) is 0 Å². The van der Waals surface area contributed by atoms with Gasteiger partial charge >= 0.3 is 0 Å². The van der Waals surface area contributed by atoms with Gasteiger partial charge in [0.2, 0.25) is 0 Å². The lowest BCUT2D eigenvalue weighted by Gasteiger charge is -2.24. The van der Waals surface area contributed by atoms with Crippen LogP contribution >= 0.6 is 0 Å². The van der Waals surface area contributed by atoms with Crippen LogP contribution in [-0.4, -0.2) is 0 Å². The van der Waals surface area contributed by atoms with E-state index in [-0.39, 0.29) is 0 Å². The van der Waals surface area contributed by atoms with Crippen LogP contribution in [0.15, 0.2) is 249 Å². The fourth-order valence-corrected chi connectivity index (χ4v) is 13.3. The van der Waals surface area contributed by atoms with Gasteiger partial charge in [0.15, 0.2) is 0 Å². The molecule has 78 heavy (non-hydrogen) atoms. The Morgan fingerprint density at radius 2 is 0.628 bits per heavy atom. The predicted octanol–water partition coefficient (Wildman–Crippen LogP) is 21.5. The second kappa shape index (κ2) is 17.4. The predicted molar refractivity (Wildman–Crippen MR) is 328 cm³/mol. The molecule has 0 N–H and O–H groups in total. The van der Waals surface area contributed by atoms with Crippen LogP contribution in [0.2, 0.25) is 0 Å². The summed E-state index contributed by atoms with van der Waals surface area (Å²) < 4.78 is 13.5. The molecule has 0 unspecified atom stereocenters. The minimum atomic E-state index is 0.478. The van der Waals surface area contributed by atoms with Crippen molar-refractivity contribution in [2.45, 2.75) is 26.2 Å². The van der Waals surface area contributed by atoms with E-state index in [4.69, 9.17) is 9.47 Å². The number of para-hydroxylation sites is 1. The summed E-state index contributed by atoms with van der Waals surface area (Å²) >= 11 is 0. The summed E-state index contributed by atoms with van der Waals surface area (Å²) in [6.07, 6.45) is 0.782. The molecular weight excluding hydrogens is 945 g/mol. The average Bonchev–Trinajstić information content (AvgIpc) is 3.51. The number of hydrogen-bond acceptors (Lipinski definition) is 2.